The van der Waals surface area contributed by atoms with E-state index in [1.54, 1.807) is 42.6 Å². The van der Waals surface area contributed by atoms with Gasteiger partial charge < -0.3 is 14.5 Å². The summed E-state index contributed by atoms with van der Waals surface area (Å²) in [6, 6.07) is 10.2. The van der Waals surface area contributed by atoms with E-state index >= 15 is 0 Å². The highest BCUT2D eigenvalue weighted by Gasteiger charge is 2.18. The summed E-state index contributed by atoms with van der Waals surface area (Å²) in [4.78, 5) is 37.0. The zero-order valence-electron chi connectivity index (χ0n) is 16.6. The molecule has 1 aromatic heterocycles. The number of ketones is 1. The van der Waals surface area contributed by atoms with Crippen molar-refractivity contribution in [1.29, 1.82) is 0 Å². The smallest absolute Gasteiger partial charge is 0.258 e. The van der Waals surface area contributed by atoms with Gasteiger partial charge in [-0.15, -0.1) is 0 Å². The number of carbonyl (C=O) groups excluding carboxylic acids is 2. The molecule has 0 saturated carbocycles. The number of Topliss-reactive ketones (excluding diaryl/α,β-unsaturated/α-hetero) is 1. The number of ether oxygens (including phenoxy) is 2. The number of methoxy groups -OCH3 is 2. The summed E-state index contributed by atoms with van der Waals surface area (Å²) in [5.74, 6) is 0.807. The maximum absolute atomic E-state index is 12.7. The van der Waals surface area contributed by atoms with E-state index in [4.69, 9.17) is 9.47 Å². The molecule has 1 amide bonds. The Bertz CT molecular complexity index is 1190. The van der Waals surface area contributed by atoms with Crippen molar-refractivity contribution in [2.24, 2.45) is 4.99 Å². The fraction of sp³-hybridized carbons (Fsp3) is 0.182. The largest absolute Gasteiger partial charge is 0.493 e. The lowest BCUT2D eigenvalue weighted by molar-refractivity contribution is 0.0999. The number of benzene rings is 2. The molecule has 0 saturated heterocycles. The van der Waals surface area contributed by atoms with Crippen LogP contribution in [-0.4, -0.2) is 41.6 Å². The number of H-pyrrole nitrogens is 1. The molecule has 0 fully saturated rings. The molecular weight excluding hydrogens is 384 g/mol. The van der Waals surface area contributed by atoms with Crippen LogP contribution in [0.25, 0.3) is 11.0 Å². The molecule has 1 aliphatic rings. The summed E-state index contributed by atoms with van der Waals surface area (Å²) >= 11 is 0. The second kappa shape index (κ2) is 8.20. The molecule has 2 heterocycles. The number of allylic oxidation sites excluding steroid dienone is 1. The first-order valence-corrected chi connectivity index (χ1v) is 9.35. The minimum Gasteiger partial charge on any atom is -0.493 e. The molecule has 2 N–H and O–H groups in total. The lowest BCUT2D eigenvalue weighted by Gasteiger charge is -2.09. The fourth-order valence-electron chi connectivity index (χ4n) is 3.27. The second-order valence-corrected chi connectivity index (χ2v) is 6.70. The van der Waals surface area contributed by atoms with Crippen molar-refractivity contribution in [1.82, 2.24) is 9.97 Å². The fourth-order valence-corrected chi connectivity index (χ4v) is 3.27. The average molecular weight is 404 g/mol. The standard InChI is InChI=1S/C22H20N4O4/c1-29-18-9-8-13(11-19(18)30-2)21(28)26-22-24-16-7-3-6-15(20(16)25-22)17(27)12-14-5-4-10-23-14/h3-4,6-11H,5,12H2,1-2H3,(H2,24,25,26,28). The maximum atomic E-state index is 12.7. The molecule has 152 valence electrons. The first kappa shape index (κ1) is 19.4. The van der Waals surface area contributed by atoms with Gasteiger partial charge in [0.1, 0.15) is 5.52 Å². The summed E-state index contributed by atoms with van der Waals surface area (Å²) in [7, 11) is 3.03. The van der Waals surface area contributed by atoms with Crippen molar-refractivity contribution < 1.29 is 19.1 Å². The van der Waals surface area contributed by atoms with Crippen LogP contribution in [0.15, 0.2) is 53.7 Å². The van der Waals surface area contributed by atoms with Gasteiger partial charge in [0.15, 0.2) is 17.3 Å². The van der Waals surface area contributed by atoms with Crippen molar-refractivity contribution in [2.75, 3.05) is 19.5 Å². The Hall–Kier alpha value is -3.94. The van der Waals surface area contributed by atoms with E-state index in [0.717, 1.165) is 5.71 Å². The number of para-hydroxylation sites is 1. The lowest BCUT2D eigenvalue weighted by atomic mass is 10.0. The third-order valence-corrected chi connectivity index (χ3v) is 4.77. The number of imidazole rings is 1. The van der Waals surface area contributed by atoms with Crippen LogP contribution in [0.4, 0.5) is 5.95 Å². The van der Waals surface area contributed by atoms with Crippen LogP contribution < -0.4 is 14.8 Å². The van der Waals surface area contributed by atoms with Crippen molar-refractivity contribution >= 4 is 34.4 Å². The number of hydrogen-bond acceptors (Lipinski definition) is 6. The molecule has 4 rings (SSSR count). The second-order valence-electron chi connectivity index (χ2n) is 6.70. The van der Waals surface area contributed by atoms with Gasteiger partial charge >= 0.3 is 0 Å². The van der Waals surface area contributed by atoms with Crippen LogP contribution in [-0.2, 0) is 0 Å². The van der Waals surface area contributed by atoms with Crippen molar-refractivity contribution in [2.45, 2.75) is 12.8 Å². The first-order valence-electron chi connectivity index (χ1n) is 9.35. The maximum Gasteiger partial charge on any atom is 0.258 e. The topological polar surface area (TPSA) is 106 Å². The molecule has 3 aromatic rings. The number of nitrogens with zero attached hydrogens (tertiary/aromatic N) is 2. The molecule has 8 heteroatoms. The number of carbonyl (C=O) groups is 2. The number of hydrogen-bond donors (Lipinski definition) is 2. The number of fused-ring (bicyclic) bond motifs is 1. The number of aliphatic imine (C=N–C) groups is 1. The molecule has 0 unspecified atom stereocenters. The van der Waals surface area contributed by atoms with E-state index < -0.39 is 0 Å². The van der Waals surface area contributed by atoms with Gasteiger partial charge in [-0.25, -0.2) is 4.98 Å². The van der Waals surface area contributed by atoms with E-state index in [-0.39, 0.29) is 24.1 Å². The molecule has 0 aliphatic carbocycles. The zero-order valence-corrected chi connectivity index (χ0v) is 16.6. The van der Waals surface area contributed by atoms with Crippen molar-refractivity contribution in [3.8, 4) is 11.5 Å². The molecule has 0 spiro atoms. The number of aromatic amines is 1. The number of anilines is 1. The minimum absolute atomic E-state index is 0.0627. The summed E-state index contributed by atoms with van der Waals surface area (Å²) in [6.45, 7) is 0. The number of nitrogens with one attached hydrogen (secondary N) is 2. The van der Waals surface area contributed by atoms with Crippen LogP contribution in [0.2, 0.25) is 0 Å². The van der Waals surface area contributed by atoms with E-state index in [0.29, 0.717) is 40.1 Å². The van der Waals surface area contributed by atoms with Crippen LogP contribution in [0, 0.1) is 0 Å². The van der Waals surface area contributed by atoms with E-state index in [1.165, 1.54) is 14.2 Å². The predicted octanol–water partition coefficient (Wildman–Crippen LogP) is 3.76. The summed E-state index contributed by atoms with van der Waals surface area (Å²) in [6.07, 6.45) is 4.56. The highest BCUT2D eigenvalue weighted by molar-refractivity contribution is 6.15. The summed E-state index contributed by atoms with van der Waals surface area (Å²) < 4.78 is 10.4. The normalized spacial score (nSPS) is 12.7. The zero-order chi connectivity index (χ0) is 21.1. The Balaban J connectivity index is 1.57. The Morgan fingerprint density at radius 2 is 1.97 bits per heavy atom. The van der Waals surface area contributed by atoms with Crippen molar-refractivity contribution in [3.05, 3.63) is 59.8 Å². The van der Waals surface area contributed by atoms with Gasteiger partial charge in [-0.3, -0.25) is 19.9 Å². The molecule has 0 bridgehead atoms. The lowest BCUT2D eigenvalue weighted by Crippen LogP contribution is -2.13. The Kier molecular flexibility index (Phi) is 5.30. The third-order valence-electron chi connectivity index (χ3n) is 4.77. The van der Waals surface area contributed by atoms with Crippen LogP contribution >= 0.6 is 0 Å². The summed E-state index contributed by atoms with van der Waals surface area (Å²) in [5.41, 5.74) is 2.88. The molecule has 2 aromatic carbocycles. The molecule has 0 radical (unpaired) electrons. The van der Waals surface area contributed by atoms with Gasteiger partial charge in [0.05, 0.1) is 19.7 Å². The Labute approximate surface area is 172 Å². The van der Waals surface area contributed by atoms with Gasteiger partial charge in [-0.05, 0) is 30.3 Å². The molecule has 1 aliphatic heterocycles. The first-order chi connectivity index (χ1) is 14.6. The van der Waals surface area contributed by atoms with Crippen LogP contribution in [0.5, 0.6) is 11.5 Å². The number of aromatic nitrogens is 2. The van der Waals surface area contributed by atoms with E-state index in [1.807, 2.05) is 6.08 Å². The highest BCUT2D eigenvalue weighted by atomic mass is 16.5. The van der Waals surface area contributed by atoms with Crippen molar-refractivity contribution in [3.63, 3.8) is 0 Å². The van der Waals surface area contributed by atoms with Gasteiger partial charge in [0.25, 0.3) is 5.91 Å². The molecular formula is C22H20N4O4. The van der Waals surface area contributed by atoms with Gasteiger partial charge in [0, 0.05) is 35.9 Å². The molecule has 0 atom stereocenters. The summed E-state index contributed by atoms with van der Waals surface area (Å²) in [5, 5.41) is 2.73. The quantitative estimate of drug-likeness (QED) is 0.583. The highest BCUT2D eigenvalue weighted by Crippen LogP contribution is 2.28. The monoisotopic (exact) mass is 404 g/mol. The van der Waals surface area contributed by atoms with E-state index in [2.05, 4.69) is 20.3 Å². The van der Waals surface area contributed by atoms with Gasteiger partial charge in [-0.1, -0.05) is 12.1 Å². The van der Waals surface area contributed by atoms with Gasteiger partial charge in [0.2, 0.25) is 5.95 Å². The third kappa shape index (κ3) is 3.80. The minimum atomic E-state index is -0.366. The average Bonchev–Trinajstić information content (AvgIpc) is 3.41. The van der Waals surface area contributed by atoms with Crippen LogP contribution in [0.1, 0.15) is 33.6 Å². The number of rotatable bonds is 7. The predicted molar refractivity (Wildman–Crippen MR) is 114 cm³/mol. The van der Waals surface area contributed by atoms with Gasteiger partial charge in [-0.2, -0.15) is 0 Å². The Morgan fingerprint density at radius 3 is 2.70 bits per heavy atom. The SMILES string of the molecule is COc1ccc(C(=O)Nc2nc3c(C(=O)CC4=NC=CC4)cccc3[nH]2)cc1OC. The Morgan fingerprint density at radius 1 is 1.13 bits per heavy atom. The molecule has 30 heavy (non-hydrogen) atoms. The number of amides is 1. The van der Waals surface area contributed by atoms with Crippen LogP contribution in [0.3, 0.4) is 0 Å². The van der Waals surface area contributed by atoms with E-state index in [9.17, 15) is 9.59 Å². The molecule has 8 nitrogen and oxygen atoms in total.